The zero-order valence-corrected chi connectivity index (χ0v) is 12.4. The number of hydrogen-bond acceptors (Lipinski definition) is 0. The van der Waals surface area contributed by atoms with Crippen molar-refractivity contribution in [3.8, 4) is 0 Å². The Morgan fingerprint density at radius 1 is 1.12 bits per heavy atom. The summed E-state index contributed by atoms with van der Waals surface area (Å²) in [6, 6.07) is 0. The Hall–Kier alpha value is 0.324. The van der Waals surface area contributed by atoms with Gasteiger partial charge in [-0.3, -0.25) is 0 Å². The van der Waals surface area contributed by atoms with Crippen molar-refractivity contribution in [1.82, 2.24) is 0 Å². The van der Waals surface area contributed by atoms with Gasteiger partial charge >= 0.3 is 108 Å². The molecule has 2 aliphatic rings. The van der Waals surface area contributed by atoms with Crippen LogP contribution in [-0.4, -0.2) is 21.7 Å². The van der Waals surface area contributed by atoms with Crippen molar-refractivity contribution in [2.75, 3.05) is 0 Å². The SMILES string of the molecule is CCCC[Se]/C=C/B1C2CCCC1CCC2. The minimum atomic E-state index is 0.793. The summed E-state index contributed by atoms with van der Waals surface area (Å²) >= 11 is 0.793. The molecule has 0 spiro atoms. The molecule has 0 N–H and O–H groups in total. The third kappa shape index (κ3) is 3.41. The van der Waals surface area contributed by atoms with Crippen LogP contribution in [0.25, 0.3) is 0 Å². The molecule has 0 aromatic rings. The average molecular weight is 283 g/mol. The molecule has 2 heterocycles. The van der Waals surface area contributed by atoms with Gasteiger partial charge in [-0.25, -0.2) is 0 Å². The predicted octanol–water partition coefficient (Wildman–Crippen LogP) is 4.56. The molecule has 90 valence electrons. The Labute approximate surface area is 108 Å². The van der Waals surface area contributed by atoms with E-state index >= 15 is 0 Å². The van der Waals surface area contributed by atoms with Crippen LogP contribution in [0.5, 0.6) is 0 Å². The summed E-state index contributed by atoms with van der Waals surface area (Å²) in [4.78, 5) is 2.56. The fraction of sp³-hybridized carbons (Fsp3) is 0.857. The molecule has 16 heavy (non-hydrogen) atoms. The molecule has 0 amide bonds. The third-order valence-electron chi connectivity index (χ3n) is 4.40. The molecule has 2 saturated heterocycles. The van der Waals surface area contributed by atoms with Crippen molar-refractivity contribution in [2.45, 2.75) is 75.2 Å². The Bertz CT molecular complexity index is 205. The average Bonchev–Trinajstić information content (AvgIpc) is 2.28. The van der Waals surface area contributed by atoms with Gasteiger partial charge in [0.25, 0.3) is 0 Å². The van der Waals surface area contributed by atoms with Gasteiger partial charge in [0.1, 0.15) is 0 Å². The van der Waals surface area contributed by atoms with E-state index in [1.807, 2.05) is 0 Å². The van der Waals surface area contributed by atoms with Crippen LogP contribution in [0, 0.1) is 0 Å². The summed E-state index contributed by atoms with van der Waals surface area (Å²) < 4.78 is 0. The van der Waals surface area contributed by atoms with Crippen LogP contribution in [0.1, 0.15) is 58.3 Å². The predicted molar refractivity (Wildman–Crippen MR) is 75.6 cm³/mol. The summed E-state index contributed by atoms with van der Waals surface area (Å²) in [6.07, 6.45) is 11.9. The van der Waals surface area contributed by atoms with Crippen molar-refractivity contribution >= 4 is 21.7 Å². The van der Waals surface area contributed by atoms with E-state index in [2.05, 4.69) is 17.9 Å². The Kier molecular flexibility index (Phi) is 5.52. The molecule has 0 aromatic carbocycles. The molecule has 0 unspecified atom stereocenters. The molecule has 2 bridgehead atoms. The van der Waals surface area contributed by atoms with E-state index in [0.717, 1.165) is 33.3 Å². The van der Waals surface area contributed by atoms with Gasteiger partial charge in [0.2, 0.25) is 0 Å². The first-order valence-corrected chi connectivity index (χ1v) is 9.40. The normalized spacial score (nSPS) is 29.9. The first kappa shape index (κ1) is 12.8. The Balaban J connectivity index is 1.78. The molecule has 0 aromatic heterocycles. The number of rotatable bonds is 5. The molecular formula is C14H25BSe. The van der Waals surface area contributed by atoms with E-state index < -0.39 is 0 Å². The van der Waals surface area contributed by atoms with Gasteiger partial charge in [-0.15, -0.1) is 0 Å². The zero-order valence-electron chi connectivity index (χ0n) is 10.7. The number of unbranched alkanes of at least 4 members (excludes halogenated alkanes) is 1. The van der Waals surface area contributed by atoms with Gasteiger partial charge in [0.15, 0.2) is 0 Å². The quantitative estimate of drug-likeness (QED) is 0.512. The van der Waals surface area contributed by atoms with Crippen molar-refractivity contribution in [1.29, 1.82) is 0 Å². The third-order valence-corrected chi connectivity index (χ3v) is 6.23. The van der Waals surface area contributed by atoms with Gasteiger partial charge in [-0.05, 0) is 0 Å². The molecular weight excluding hydrogens is 258 g/mol. The first-order chi connectivity index (χ1) is 7.92. The monoisotopic (exact) mass is 284 g/mol. The molecule has 0 saturated carbocycles. The van der Waals surface area contributed by atoms with Crippen LogP contribution >= 0.6 is 0 Å². The second kappa shape index (κ2) is 6.91. The van der Waals surface area contributed by atoms with E-state index in [9.17, 15) is 0 Å². The van der Waals surface area contributed by atoms with E-state index in [4.69, 9.17) is 0 Å². The van der Waals surface area contributed by atoms with Crippen LogP contribution in [0.2, 0.25) is 17.0 Å². The molecule has 0 aliphatic carbocycles. The molecule has 0 radical (unpaired) electrons. The fourth-order valence-electron chi connectivity index (χ4n) is 3.48. The Morgan fingerprint density at radius 3 is 2.31 bits per heavy atom. The minimum absolute atomic E-state index is 0.793. The van der Waals surface area contributed by atoms with E-state index in [0.29, 0.717) is 0 Å². The van der Waals surface area contributed by atoms with Gasteiger partial charge in [-0.2, -0.15) is 0 Å². The summed E-state index contributed by atoms with van der Waals surface area (Å²) in [5, 5.41) is 1.46. The van der Waals surface area contributed by atoms with Crippen molar-refractivity contribution < 1.29 is 0 Å². The van der Waals surface area contributed by atoms with Crippen molar-refractivity contribution in [3.63, 3.8) is 0 Å². The number of fused-ring (bicyclic) bond motifs is 2. The standard InChI is InChI=1S/C14H25BSe/c1-2-3-11-16-12-10-15-13-6-4-7-14(15)9-5-8-13/h10,12-14H,2-9,11H2,1H3/b12-10+. The zero-order chi connectivity index (χ0) is 11.2. The molecule has 0 atom stereocenters. The summed E-state index contributed by atoms with van der Waals surface area (Å²) in [6.45, 7) is 3.27. The molecule has 2 aliphatic heterocycles. The van der Waals surface area contributed by atoms with Crippen molar-refractivity contribution in [3.05, 3.63) is 10.9 Å². The van der Waals surface area contributed by atoms with Gasteiger partial charge in [0.05, 0.1) is 0 Å². The molecule has 0 nitrogen and oxygen atoms in total. The van der Waals surface area contributed by atoms with Crippen LogP contribution in [0.15, 0.2) is 10.9 Å². The van der Waals surface area contributed by atoms with E-state index in [-0.39, 0.29) is 0 Å². The van der Waals surface area contributed by atoms with Gasteiger partial charge < -0.3 is 0 Å². The van der Waals surface area contributed by atoms with Crippen molar-refractivity contribution in [2.24, 2.45) is 0 Å². The topological polar surface area (TPSA) is 0 Å². The van der Waals surface area contributed by atoms with Gasteiger partial charge in [-0.1, -0.05) is 0 Å². The summed E-state index contributed by atoms with van der Waals surface area (Å²) in [5.74, 6) is 4.75. The van der Waals surface area contributed by atoms with Crippen LogP contribution in [-0.2, 0) is 0 Å². The Morgan fingerprint density at radius 2 is 1.75 bits per heavy atom. The summed E-state index contributed by atoms with van der Waals surface area (Å²) in [7, 11) is 0. The van der Waals surface area contributed by atoms with E-state index in [1.165, 1.54) is 56.7 Å². The van der Waals surface area contributed by atoms with Crippen LogP contribution in [0.3, 0.4) is 0 Å². The van der Waals surface area contributed by atoms with Gasteiger partial charge in [0, 0.05) is 0 Å². The second-order valence-electron chi connectivity index (χ2n) is 5.51. The molecule has 2 heteroatoms. The second-order valence-corrected chi connectivity index (χ2v) is 7.64. The van der Waals surface area contributed by atoms with Crippen LogP contribution < -0.4 is 0 Å². The fourth-order valence-corrected chi connectivity index (χ4v) is 5.34. The van der Waals surface area contributed by atoms with E-state index in [1.54, 1.807) is 0 Å². The maximum atomic E-state index is 2.63. The maximum absolute atomic E-state index is 2.63. The molecule has 2 fully saturated rings. The van der Waals surface area contributed by atoms with Crippen LogP contribution in [0.4, 0.5) is 0 Å². The summed E-state index contributed by atoms with van der Waals surface area (Å²) in [5.41, 5.74) is 0. The first-order valence-electron chi connectivity index (χ1n) is 7.20. The molecule has 2 rings (SSSR count). The number of hydrogen-bond donors (Lipinski definition) is 0.